The first-order chi connectivity index (χ1) is 21.9. The Morgan fingerprint density at radius 1 is 0.644 bits per heavy atom. The van der Waals surface area contributed by atoms with E-state index in [9.17, 15) is 4.79 Å². The quantitative estimate of drug-likeness (QED) is 0.274. The van der Waals surface area contributed by atoms with E-state index < -0.39 is 0 Å². The third kappa shape index (κ3) is 7.19. The van der Waals surface area contributed by atoms with E-state index in [1.807, 2.05) is 24.3 Å². The van der Waals surface area contributed by atoms with Gasteiger partial charge in [0.1, 0.15) is 5.75 Å². The molecule has 0 spiro atoms. The Morgan fingerprint density at radius 3 is 1.84 bits per heavy atom. The van der Waals surface area contributed by atoms with Crippen LogP contribution in [0.25, 0.3) is 17.2 Å². The van der Waals surface area contributed by atoms with E-state index >= 15 is 0 Å². The molecule has 3 heterocycles. The van der Waals surface area contributed by atoms with Crippen LogP contribution >= 0.6 is 0 Å². The van der Waals surface area contributed by atoms with E-state index in [4.69, 9.17) is 4.74 Å². The van der Waals surface area contributed by atoms with Crippen molar-refractivity contribution in [2.24, 2.45) is 0 Å². The van der Waals surface area contributed by atoms with Crippen molar-refractivity contribution in [3.63, 3.8) is 0 Å². The molecule has 8 nitrogen and oxygen atoms in total. The Labute approximate surface area is 269 Å². The summed E-state index contributed by atoms with van der Waals surface area (Å²) in [6.45, 7) is 11.9. The molecule has 0 unspecified atom stereocenters. The molecule has 0 bridgehead atoms. The van der Waals surface area contributed by atoms with Gasteiger partial charge in [-0.3, -0.25) is 4.79 Å². The largest absolute Gasteiger partial charge is 0.496 e. The number of rotatable bonds is 8. The molecule has 3 aromatic rings. The van der Waals surface area contributed by atoms with E-state index in [1.54, 1.807) is 13.2 Å². The average molecular weight is 609 g/mol. The van der Waals surface area contributed by atoms with Crippen LogP contribution in [0.2, 0.25) is 0 Å². The van der Waals surface area contributed by atoms with Crippen LogP contribution in [-0.4, -0.2) is 127 Å². The van der Waals surface area contributed by atoms with Crippen LogP contribution in [0.5, 0.6) is 5.75 Å². The minimum atomic E-state index is 0.0425. The minimum absolute atomic E-state index is 0.0425. The smallest absolute Gasteiger partial charge is 0.187 e. The van der Waals surface area contributed by atoms with E-state index in [-0.39, 0.29) is 5.78 Å². The number of hydrogen-bond acceptors (Lipinski definition) is 8. The Hall–Kier alpha value is -3.85. The molecule has 6 rings (SSSR count). The van der Waals surface area contributed by atoms with Gasteiger partial charge in [0.05, 0.1) is 12.8 Å². The fourth-order valence-corrected chi connectivity index (χ4v) is 6.63. The van der Waals surface area contributed by atoms with E-state index in [0.29, 0.717) is 0 Å². The molecule has 3 saturated heterocycles. The second kappa shape index (κ2) is 14.1. The number of carbonyl (C=O) groups excluding carboxylic acids is 1. The molecule has 0 atom stereocenters. The molecule has 0 aliphatic carbocycles. The number of methoxy groups -OCH3 is 1. The first-order valence-electron chi connectivity index (χ1n) is 16.3. The Bertz CT molecular complexity index is 1500. The molecule has 3 fully saturated rings. The second-order valence-electron chi connectivity index (χ2n) is 12.7. The summed E-state index contributed by atoms with van der Waals surface area (Å²) in [7, 11) is 8.24. The topological polar surface area (TPSA) is 45.7 Å². The maximum Gasteiger partial charge on any atom is 0.187 e. The number of piperazine rings is 3. The highest BCUT2D eigenvalue weighted by molar-refractivity contribution is 6.11. The van der Waals surface area contributed by atoms with E-state index in [2.05, 4.69) is 93.0 Å². The van der Waals surface area contributed by atoms with Crippen LogP contribution in [0.15, 0.2) is 66.7 Å². The maximum atomic E-state index is 14.1. The molecule has 45 heavy (non-hydrogen) atoms. The molecule has 3 aliphatic rings. The zero-order chi connectivity index (χ0) is 31.3. The predicted molar refractivity (Wildman–Crippen MR) is 187 cm³/mol. The lowest BCUT2D eigenvalue weighted by Gasteiger charge is -2.37. The zero-order valence-corrected chi connectivity index (χ0v) is 27.4. The van der Waals surface area contributed by atoms with Gasteiger partial charge >= 0.3 is 0 Å². The Balaban J connectivity index is 1.34. The summed E-state index contributed by atoms with van der Waals surface area (Å²) in [6, 6.07) is 21.2. The highest BCUT2D eigenvalue weighted by atomic mass is 16.5. The van der Waals surface area contributed by atoms with Gasteiger partial charge in [0.25, 0.3) is 0 Å². The monoisotopic (exact) mass is 608 g/mol. The van der Waals surface area contributed by atoms with Gasteiger partial charge < -0.3 is 34.1 Å². The normalized spacial score (nSPS) is 19.0. The fraction of sp³-hybridized carbons (Fsp3) is 0.432. The summed E-state index contributed by atoms with van der Waals surface area (Å²) >= 11 is 0. The fourth-order valence-electron chi connectivity index (χ4n) is 6.63. The molecule has 3 aromatic carbocycles. The summed E-state index contributed by atoms with van der Waals surface area (Å²) < 4.78 is 5.69. The molecule has 0 N–H and O–H groups in total. The predicted octanol–water partition coefficient (Wildman–Crippen LogP) is 4.51. The van der Waals surface area contributed by atoms with Gasteiger partial charge in [-0.1, -0.05) is 24.3 Å². The number of carbonyl (C=O) groups is 1. The summed E-state index contributed by atoms with van der Waals surface area (Å²) in [5, 5.41) is 0. The summed E-state index contributed by atoms with van der Waals surface area (Å²) in [6.07, 6.45) is 3.81. The van der Waals surface area contributed by atoms with Gasteiger partial charge in [-0.15, -0.1) is 0 Å². The third-order valence-electron chi connectivity index (χ3n) is 9.66. The lowest BCUT2D eigenvalue weighted by molar-refractivity contribution is 0.104. The van der Waals surface area contributed by atoms with Crippen LogP contribution in [0, 0.1) is 0 Å². The molecule has 0 amide bonds. The van der Waals surface area contributed by atoms with Crippen LogP contribution in [0.1, 0.15) is 15.9 Å². The number of hydrogen-bond donors (Lipinski definition) is 0. The van der Waals surface area contributed by atoms with Crippen LogP contribution in [0.4, 0.5) is 17.1 Å². The highest BCUT2D eigenvalue weighted by Crippen LogP contribution is 2.35. The highest BCUT2D eigenvalue weighted by Gasteiger charge is 2.23. The van der Waals surface area contributed by atoms with Gasteiger partial charge in [0, 0.05) is 101 Å². The molecular formula is C37H48N6O2. The molecule has 3 aliphatic heterocycles. The number of ketones is 1. The van der Waals surface area contributed by atoms with Crippen molar-refractivity contribution in [3.8, 4) is 16.9 Å². The molecule has 0 aromatic heterocycles. The van der Waals surface area contributed by atoms with Gasteiger partial charge in [0.2, 0.25) is 0 Å². The zero-order valence-electron chi connectivity index (χ0n) is 27.4. The third-order valence-corrected chi connectivity index (χ3v) is 9.66. The number of anilines is 3. The number of benzene rings is 3. The number of allylic oxidation sites excluding steroid dienone is 1. The van der Waals surface area contributed by atoms with Crippen LogP contribution < -0.4 is 19.4 Å². The summed E-state index contributed by atoms with van der Waals surface area (Å²) in [4.78, 5) is 28.5. The van der Waals surface area contributed by atoms with Crippen molar-refractivity contribution in [1.82, 2.24) is 14.7 Å². The van der Waals surface area contributed by atoms with Gasteiger partial charge in [-0.05, 0) is 80.8 Å². The van der Waals surface area contributed by atoms with Crippen molar-refractivity contribution >= 4 is 28.9 Å². The van der Waals surface area contributed by atoms with Gasteiger partial charge in [-0.25, -0.2) is 0 Å². The number of ether oxygens (including phenoxy) is 1. The number of nitrogens with zero attached hydrogens (tertiary/aromatic N) is 6. The summed E-state index contributed by atoms with van der Waals surface area (Å²) in [5.74, 6) is 0.883. The van der Waals surface area contributed by atoms with E-state index in [0.717, 1.165) is 118 Å². The average Bonchev–Trinajstić information content (AvgIpc) is 3.08. The van der Waals surface area contributed by atoms with Crippen molar-refractivity contribution in [2.75, 3.05) is 121 Å². The van der Waals surface area contributed by atoms with Crippen LogP contribution in [-0.2, 0) is 0 Å². The molecule has 0 radical (unpaired) electrons. The van der Waals surface area contributed by atoms with Crippen molar-refractivity contribution < 1.29 is 9.53 Å². The number of likely N-dealkylation sites (N-methyl/N-ethyl adjacent to an activating group) is 3. The Morgan fingerprint density at radius 2 is 1.22 bits per heavy atom. The maximum absolute atomic E-state index is 14.1. The molecule has 238 valence electrons. The minimum Gasteiger partial charge on any atom is -0.496 e. The van der Waals surface area contributed by atoms with Gasteiger partial charge in [-0.2, -0.15) is 0 Å². The van der Waals surface area contributed by atoms with Crippen molar-refractivity contribution in [3.05, 3.63) is 77.9 Å². The molecule has 8 heteroatoms. The molecule has 0 saturated carbocycles. The van der Waals surface area contributed by atoms with Crippen molar-refractivity contribution in [2.45, 2.75) is 0 Å². The lowest BCUT2D eigenvalue weighted by Crippen LogP contribution is -2.46. The van der Waals surface area contributed by atoms with Crippen LogP contribution in [0.3, 0.4) is 0 Å². The van der Waals surface area contributed by atoms with Gasteiger partial charge in [0.15, 0.2) is 5.78 Å². The SMILES string of the molecule is COc1ccccc1-c1ccc(N2CCN(C)CC2)c(C=CC(=O)c2ccc(N3CCN(C)CC3)cc2N2CCN(C)CC2)c1. The van der Waals surface area contributed by atoms with Crippen molar-refractivity contribution in [1.29, 1.82) is 0 Å². The first kappa shape index (κ1) is 31.1. The molecular weight excluding hydrogens is 560 g/mol. The summed E-state index contributed by atoms with van der Waals surface area (Å²) in [5.41, 5.74) is 7.36. The first-order valence-corrected chi connectivity index (χ1v) is 16.3. The Kier molecular flexibility index (Phi) is 9.73. The number of para-hydroxylation sites is 1. The standard InChI is InChI=1S/C37H48N6O2/c1-38-15-21-41(22-16-38)31-11-12-33(35(28-31)43-25-19-40(3)20-26-43)36(44)14-10-30-27-29(32-7-5-6-8-37(32)45-4)9-13-34(30)42-23-17-39(2)18-24-42/h5-14,27-28H,15-26H2,1-4H3. The van der Waals surface area contributed by atoms with E-state index in [1.165, 1.54) is 5.69 Å². The second-order valence-corrected chi connectivity index (χ2v) is 12.7. The lowest BCUT2D eigenvalue weighted by atomic mass is 9.98.